The van der Waals surface area contributed by atoms with Gasteiger partial charge in [0, 0.05) is 33.7 Å². The highest BCUT2D eigenvalue weighted by Gasteiger charge is 2.26. The van der Waals surface area contributed by atoms with Gasteiger partial charge in [0.1, 0.15) is 5.52 Å². The fourth-order valence-corrected chi connectivity index (χ4v) is 5.24. The zero-order chi connectivity index (χ0) is 22.2. The van der Waals surface area contributed by atoms with Crippen molar-refractivity contribution in [2.24, 2.45) is 0 Å². The number of halogens is 3. The van der Waals surface area contributed by atoms with Gasteiger partial charge in [0.2, 0.25) is 0 Å². The molecule has 1 aliphatic rings. The van der Waals surface area contributed by atoms with Gasteiger partial charge in [-0.1, -0.05) is 59.1 Å². The monoisotopic (exact) mass is 483 g/mol. The van der Waals surface area contributed by atoms with Crippen molar-refractivity contribution in [1.82, 2.24) is 10.3 Å². The molecule has 1 saturated heterocycles. The molecule has 0 radical (unpaired) electrons. The standard InChI is InChI=1S/C25H20Cl3N3O/c26-19-5-2-1-4-16(19)18-14-22(15-8-11-29-12-9-15)30-24-17(18)10-13-31(32)25(24)23-20(27)6-3-7-21(23)28/h1-7,10,13-15,29H,8-9,11-12H2. The zero-order valence-electron chi connectivity index (χ0n) is 17.1. The van der Waals surface area contributed by atoms with E-state index in [-0.39, 0.29) is 5.92 Å². The Bertz CT molecular complexity index is 1300. The van der Waals surface area contributed by atoms with Gasteiger partial charge in [-0.2, -0.15) is 4.73 Å². The van der Waals surface area contributed by atoms with Crippen LogP contribution in [0.15, 0.2) is 60.8 Å². The highest BCUT2D eigenvalue weighted by Crippen LogP contribution is 2.41. The predicted molar refractivity (Wildman–Crippen MR) is 131 cm³/mol. The van der Waals surface area contributed by atoms with Crippen molar-refractivity contribution in [2.45, 2.75) is 18.8 Å². The molecule has 0 saturated carbocycles. The third-order valence-corrected chi connectivity index (χ3v) is 6.98. The number of rotatable bonds is 3. The molecule has 0 atom stereocenters. The summed E-state index contributed by atoms with van der Waals surface area (Å²) in [6.07, 6.45) is 3.43. The second kappa shape index (κ2) is 8.87. The largest absolute Gasteiger partial charge is 0.618 e. The molecule has 2 aromatic heterocycles. The lowest BCUT2D eigenvalue weighted by Gasteiger charge is -2.23. The maximum atomic E-state index is 13.1. The van der Waals surface area contributed by atoms with Crippen LogP contribution in [0.1, 0.15) is 24.5 Å². The fourth-order valence-electron chi connectivity index (χ4n) is 4.43. The second-order valence-corrected chi connectivity index (χ2v) is 9.17. The Hall–Kier alpha value is -2.37. The van der Waals surface area contributed by atoms with Crippen LogP contribution in [0.2, 0.25) is 15.1 Å². The van der Waals surface area contributed by atoms with Gasteiger partial charge in [-0.15, -0.1) is 0 Å². The molecule has 1 N–H and O–H groups in total. The summed E-state index contributed by atoms with van der Waals surface area (Å²) in [4.78, 5) is 5.03. The van der Waals surface area contributed by atoms with E-state index in [1.807, 2.05) is 24.3 Å². The maximum absolute atomic E-state index is 13.1. The molecule has 7 heteroatoms. The van der Waals surface area contributed by atoms with Gasteiger partial charge in [-0.25, -0.2) is 4.98 Å². The summed E-state index contributed by atoms with van der Waals surface area (Å²) in [7, 11) is 0. The van der Waals surface area contributed by atoms with Crippen molar-refractivity contribution in [2.75, 3.05) is 13.1 Å². The van der Waals surface area contributed by atoms with Crippen LogP contribution in [0.4, 0.5) is 0 Å². The first-order chi connectivity index (χ1) is 15.5. The van der Waals surface area contributed by atoms with Crippen LogP contribution in [0.5, 0.6) is 0 Å². The zero-order valence-corrected chi connectivity index (χ0v) is 19.4. The Labute approximate surface area is 201 Å². The van der Waals surface area contributed by atoms with E-state index in [9.17, 15) is 5.21 Å². The number of benzene rings is 2. The Morgan fingerprint density at radius 2 is 1.56 bits per heavy atom. The summed E-state index contributed by atoms with van der Waals surface area (Å²) in [5, 5.41) is 18.7. The van der Waals surface area contributed by atoms with Crippen molar-refractivity contribution in [3.8, 4) is 22.4 Å². The molecule has 0 unspecified atom stereocenters. The molecule has 3 heterocycles. The number of nitrogens with one attached hydrogen (secondary N) is 1. The molecule has 0 bridgehead atoms. The van der Waals surface area contributed by atoms with E-state index in [1.54, 1.807) is 24.3 Å². The summed E-state index contributed by atoms with van der Waals surface area (Å²) in [6.45, 7) is 1.87. The van der Waals surface area contributed by atoms with Crippen molar-refractivity contribution in [1.29, 1.82) is 0 Å². The van der Waals surface area contributed by atoms with Crippen LogP contribution in [0, 0.1) is 5.21 Å². The van der Waals surface area contributed by atoms with Crippen molar-refractivity contribution in [3.63, 3.8) is 0 Å². The average molecular weight is 485 g/mol. The Balaban J connectivity index is 1.87. The molecule has 2 aromatic carbocycles. The van der Waals surface area contributed by atoms with Gasteiger partial charge in [0.15, 0.2) is 6.20 Å². The lowest BCUT2D eigenvalue weighted by Crippen LogP contribution is -2.30. The average Bonchev–Trinajstić information content (AvgIpc) is 2.80. The predicted octanol–water partition coefficient (Wildman–Crippen LogP) is 6.63. The van der Waals surface area contributed by atoms with Gasteiger partial charge in [0.05, 0.1) is 15.6 Å². The number of pyridine rings is 2. The van der Waals surface area contributed by atoms with Crippen LogP contribution < -0.4 is 10.0 Å². The number of hydrogen-bond acceptors (Lipinski definition) is 3. The molecular formula is C25H20Cl3N3O. The molecule has 0 spiro atoms. The second-order valence-electron chi connectivity index (χ2n) is 7.95. The normalized spacial score (nSPS) is 14.7. The summed E-state index contributed by atoms with van der Waals surface area (Å²) in [5.74, 6) is 0.289. The number of piperidine rings is 1. The van der Waals surface area contributed by atoms with Gasteiger partial charge in [0.25, 0.3) is 5.69 Å². The van der Waals surface area contributed by atoms with Crippen molar-refractivity contribution in [3.05, 3.63) is 86.8 Å². The Morgan fingerprint density at radius 3 is 2.28 bits per heavy atom. The number of hydrogen-bond donors (Lipinski definition) is 1. The van der Waals surface area contributed by atoms with Crippen molar-refractivity contribution >= 4 is 45.7 Å². The summed E-state index contributed by atoms with van der Waals surface area (Å²) in [5.41, 5.74) is 4.20. The van der Waals surface area contributed by atoms with E-state index in [4.69, 9.17) is 39.8 Å². The highest BCUT2D eigenvalue weighted by atomic mass is 35.5. The first kappa shape index (κ1) is 21.5. The van der Waals surface area contributed by atoms with E-state index in [1.165, 1.54) is 6.20 Å². The Morgan fingerprint density at radius 1 is 0.875 bits per heavy atom. The molecule has 0 aliphatic carbocycles. The minimum atomic E-state index is 0.289. The molecule has 0 amide bonds. The third kappa shape index (κ3) is 3.82. The molecule has 4 nitrogen and oxygen atoms in total. The fraction of sp³-hybridized carbons (Fsp3) is 0.200. The van der Waals surface area contributed by atoms with Crippen LogP contribution in [0.3, 0.4) is 0 Å². The van der Waals surface area contributed by atoms with Crippen LogP contribution >= 0.6 is 34.8 Å². The lowest BCUT2D eigenvalue weighted by atomic mass is 9.90. The van der Waals surface area contributed by atoms with Gasteiger partial charge in [-0.05, 0) is 55.8 Å². The minimum Gasteiger partial charge on any atom is -0.618 e. The SMILES string of the molecule is [O-][n+]1ccc2c(-c3ccccc3Cl)cc(C3CCNCC3)nc2c1-c1c(Cl)cccc1Cl. The summed E-state index contributed by atoms with van der Waals surface area (Å²) >= 11 is 19.6. The molecule has 5 rings (SSSR count). The number of aromatic nitrogens is 2. The van der Waals surface area contributed by atoms with E-state index in [2.05, 4.69) is 11.4 Å². The minimum absolute atomic E-state index is 0.289. The summed E-state index contributed by atoms with van der Waals surface area (Å²) < 4.78 is 0.797. The van der Waals surface area contributed by atoms with E-state index in [0.29, 0.717) is 31.8 Å². The number of nitrogens with zero attached hydrogens (tertiary/aromatic N) is 2. The first-order valence-electron chi connectivity index (χ1n) is 10.5. The molecular weight excluding hydrogens is 465 g/mol. The number of fused-ring (bicyclic) bond motifs is 1. The van der Waals surface area contributed by atoms with E-state index in [0.717, 1.165) is 52.9 Å². The first-order valence-corrected chi connectivity index (χ1v) is 11.6. The smallest absolute Gasteiger partial charge is 0.253 e. The maximum Gasteiger partial charge on any atom is 0.253 e. The molecule has 1 aliphatic heterocycles. The van der Waals surface area contributed by atoms with Crippen LogP contribution in [-0.2, 0) is 0 Å². The van der Waals surface area contributed by atoms with Crippen LogP contribution in [-0.4, -0.2) is 18.1 Å². The molecule has 1 fully saturated rings. The quantitative estimate of drug-likeness (QED) is 0.262. The topological polar surface area (TPSA) is 51.9 Å². The highest BCUT2D eigenvalue weighted by molar-refractivity contribution is 6.39. The van der Waals surface area contributed by atoms with Gasteiger partial charge < -0.3 is 10.5 Å². The van der Waals surface area contributed by atoms with Gasteiger partial charge in [-0.3, -0.25) is 0 Å². The summed E-state index contributed by atoms with van der Waals surface area (Å²) in [6, 6.07) is 16.8. The van der Waals surface area contributed by atoms with E-state index < -0.39 is 0 Å². The van der Waals surface area contributed by atoms with Gasteiger partial charge >= 0.3 is 0 Å². The lowest BCUT2D eigenvalue weighted by molar-refractivity contribution is -0.592. The third-order valence-electron chi connectivity index (χ3n) is 6.02. The van der Waals surface area contributed by atoms with Crippen molar-refractivity contribution < 1.29 is 4.73 Å². The molecule has 162 valence electrons. The molecule has 32 heavy (non-hydrogen) atoms. The molecule has 4 aromatic rings. The Kier molecular flexibility index (Phi) is 5.95. The van der Waals surface area contributed by atoms with E-state index >= 15 is 0 Å². The van der Waals surface area contributed by atoms with Crippen LogP contribution in [0.25, 0.3) is 33.3 Å².